The molecule has 1 aromatic heterocycles. The Hall–Kier alpha value is -3.08. The number of aromatic nitrogens is 1. The summed E-state index contributed by atoms with van der Waals surface area (Å²) in [5.41, 5.74) is 5.06. The standard InChI is InChI=1S/C29H35N3O4/c1-4-36-17-27(35)32-9-7-21(8-10-32)22-13-25(33)29(26(34)14-22)28-18(2)11-23(12-19(28)3)24-6-5-20(15-30)16-31-24/h5-6,11-12,16,21-22,25,29,33H,4,7-10,13-14,17H2,1-3H3. The zero-order valence-corrected chi connectivity index (χ0v) is 21.4. The van der Waals surface area contributed by atoms with Crippen LogP contribution in [-0.4, -0.2) is 59.1 Å². The van der Waals surface area contributed by atoms with E-state index >= 15 is 0 Å². The molecule has 7 heteroatoms. The summed E-state index contributed by atoms with van der Waals surface area (Å²) in [5.74, 6) is 0.102. The first kappa shape index (κ1) is 26.0. The number of hydrogen-bond acceptors (Lipinski definition) is 6. The van der Waals surface area contributed by atoms with Gasteiger partial charge >= 0.3 is 0 Å². The lowest BCUT2D eigenvalue weighted by Gasteiger charge is -2.41. The third kappa shape index (κ3) is 5.50. The van der Waals surface area contributed by atoms with Gasteiger partial charge in [0.15, 0.2) is 0 Å². The number of piperidine rings is 1. The van der Waals surface area contributed by atoms with Crippen molar-refractivity contribution >= 4 is 11.7 Å². The largest absolute Gasteiger partial charge is 0.392 e. The van der Waals surface area contributed by atoms with Crippen molar-refractivity contribution in [3.8, 4) is 17.3 Å². The van der Waals surface area contributed by atoms with Crippen LogP contribution in [0.5, 0.6) is 0 Å². The number of aliphatic hydroxyl groups is 1. The fourth-order valence-corrected chi connectivity index (χ4v) is 5.99. The Morgan fingerprint density at radius 2 is 1.89 bits per heavy atom. The van der Waals surface area contributed by atoms with E-state index in [-0.39, 0.29) is 24.2 Å². The molecular formula is C29H35N3O4. The normalized spacial score (nSPS) is 22.9. The van der Waals surface area contributed by atoms with Gasteiger partial charge in [0.1, 0.15) is 18.5 Å². The lowest BCUT2D eigenvalue weighted by atomic mass is 9.68. The van der Waals surface area contributed by atoms with Crippen molar-refractivity contribution < 1.29 is 19.4 Å². The molecule has 1 amide bonds. The van der Waals surface area contributed by atoms with Crippen LogP contribution in [0.25, 0.3) is 11.3 Å². The molecule has 1 N–H and O–H groups in total. The molecule has 4 rings (SSSR count). The number of nitriles is 1. The van der Waals surface area contributed by atoms with Gasteiger partial charge in [-0.25, -0.2) is 0 Å². The maximum Gasteiger partial charge on any atom is 0.248 e. The second-order valence-corrected chi connectivity index (χ2v) is 10.1. The molecule has 0 radical (unpaired) electrons. The van der Waals surface area contributed by atoms with E-state index in [2.05, 4.69) is 11.1 Å². The summed E-state index contributed by atoms with van der Waals surface area (Å²) in [7, 11) is 0. The minimum absolute atomic E-state index is 0.0284. The van der Waals surface area contributed by atoms with Gasteiger partial charge in [0.05, 0.1) is 23.3 Å². The first-order chi connectivity index (χ1) is 17.3. The van der Waals surface area contributed by atoms with Crippen LogP contribution in [0.4, 0.5) is 0 Å². The second kappa shape index (κ2) is 11.3. The monoisotopic (exact) mass is 489 g/mol. The number of ketones is 1. The highest BCUT2D eigenvalue weighted by Crippen LogP contribution is 2.42. The Kier molecular flexibility index (Phi) is 8.17. The number of aliphatic hydroxyl groups excluding tert-OH is 1. The second-order valence-electron chi connectivity index (χ2n) is 10.1. The molecule has 2 aliphatic rings. The summed E-state index contributed by atoms with van der Waals surface area (Å²) >= 11 is 0. The summed E-state index contributed by atoms with van der Waals surface area (Å²) in [5, 5.41) is 20.2. The number of rotatable bonds is 6. The number of hydrogen-bond donors (Lipinski definition) is 1. The van der Waals surface area contributed by atoms with Crippen molar-refractivity contribution in [2.45, 2.75) is 58.5 Å². The molecule has 3 unspecified atom stereocenters. The Morgan fingerprint density at radius 3 is 2.44 bits per heavy atom. The average molecular weight is 490 g/mol. The van der Waals surface area contributed by atoms with Gasteiger partial charge in [-0.05, 0) is 92.8 Å². The van der Waals surface area contributed by atoms with Gasteiger partial charge in [-0.2, -0.15) is 5.26 Å². The summed E-state index contributed by atoms with van der Waals surface area (Å²) in [6.45, 7) is 7.87. The van der Waals surface area contributed by atoms with E-state index in [1.54, 1.807) is 12.3 Å². The van der Waals surface area contributed by atoms with Crippen molar-refractivity contribution in [2.24, 2.45) is 11.8 Å². The van der Waals surface area contributed by atoms with Crippen LogP contribution >= 0.6 is 0 Å². The zero-order valence-electron chi connectivity index (χ0n) is 21.4. The first-order valence-electron chi connectivity index (χ1n) is 12.9. The maximum atomic E-state index is 13.4. The number of carbonyl (C=O) groups excluding carboxylic acids is 2. The molecule has 190 valence electrons. The number of carbonyl (C=O) groups is 2. The SMILES string of the molecule is CCOCC(=O)N1CCC(C2CC(=O)C(c3c(C)cc(-c4ccc(C#N)cn4)cc3C)C(O)C2)CC1. The third-order valence-corrected chi connectivity index (χ3v) is 7.82. The van der Waals surface area contributed by atoms with Crippen molar-refractivity contribution in [3.05, 3.63) is 52.7 Å². The number of nitrogens with zero attached hydrogens (tertiary/aromatic N) is 3. The van der Waals surface area contributed by atoms with E-state index in [1.807, 2.05) is 43.9 Å². The van der Waals surface area contributed by atoms with Crippen LogP contribution in [0.1, 0.15) is 60.8 Å². The molecule has 3 atom stereocenters. The number of Topliss-reactive ketones (excluding diaryl/α,β-unsaturated/α-hetero) is 1. The van der Waals surface area contributed by atoms with Gasteiger partial charge in [0.2, 0.25) is 5.91 Å². The molecule has 36 heavy (non-hydrogen) atoms. The van der Waals surface area contributed by atoms with Crippen LogP contribution in [0, 0.1) is 37.0 Å². The van der Waals surface area contributed by atoms with Crippen LogP contribution in [0.2, 0.25) is 0 Å². The summed E-state index contributed by atoms with van der Waals surface area (Å²) < 4.78 is 5.25. The van der Waals surface area contributed by atoms with Gasteiger partial charge in [-0.3, -0.25) is 14.6 Å². The summed E-state index contributed by atoms with van der Waals surface area (Å²) in [6.07, 6.45) is 3.63. The number of aryl methyl sites for hydroxylation is 2. The highest BCUT2D eigenvalue weighted by molar-refractivity contribution is 5.88. The molecule has 1 aliphatic carbocycles. The molecule has 0 spiro atoms. The number of pyridine rings is 1. The van der Waals surface area contributed by atoms with E-state index in [4.69, 9.17) is 10.00 Å². The van der Waals surface area contributed by atoms with Gasteiger partial charge in [-0.1, -0.05) is 0 Å². The van der Waals surface area contributed by atoms with Crippen LogP contribution in [0.15, 0.2) is 30.5 Å². The number of benzene rings is 1. The fourth-order valence-electron chi connectivity index (χ4n) is 5.99. The highest BCUT2D eigenvalue weighted by atomic mass is 16.5. The van der Waals surface area contributed by atoms with Crippen molar-refractivity contribution in [1.29, 1.82) is 5.26 Å². The van der Waals surface area contributed by atoms with Gasteiger partial charge in [-0.15, -0.1) is 0 Å². The molecule has 2 heterocycles. The third-order valence-electron chi connectivity index (χ3n) is 7.82. The van der Waals surface area contributed by atoms with Gasteiger partial charge in [0, 0.05) is 37.9 Å². The predicted molar refractivity (Wildman–Crippen MR) is 136 cm³/mol. The van der Waals surface area contributed by atoms with Crippen LogP contribution < -0.4 is 0 Å². The minimum Gasteiger partial charge on any atom is -0.392 e. The van der Waals surface area contributed by atoms with E-state index in [0.29, 0.717) is 44.0 Å². The number of amides is 1. The topological polar surface area (TPSA) is 104 Å². The molecule has 2 fully saturated rings. The molecule has 1 aromatic carbocycles. The molecule has 2 aromatic rings. The fraction of sp³-hybridized carbons (Fsp3) is 0.517. The molecule has 1 saturated carbocycles. The van der Waals surface area contributed by atoms with Gasteiger partial charge < -0.3 is 14.7 Å². The quantitative estimate of drug-likeness (QED) is 0.659. The Balaban J connectivity index is 1.44. The lowest BCUT2D eigenvalue weighted by molar-refractivity contribution is -0.138. The molecule has 1 saturated heterocycles. The van der Waals surface area contributed by atoms with Crippen molar-refractivity contribution in [3.63, 3.8) is 0 Å². The maximum absolute atomic E-state index is 13.4. The lowest BCUT2D eigenvalue weighted by Crippen LogP contribution is -2.44. The predicted octanol–water partition coefficient (Wildman–Crippen LogP) is 3.94. The molecule has 0 bridgehead atoms. The van der Waals surface area contributed by atoms with E-state index in [9.17, 15) is 14.7 Å². The van der Waals surface area contributed by atoms with Crippen molar-refractivity contribution in [1.82, 2.24) is 9.88 Å². The Labute approximate surface area is 213 Å². The average Bonchev–Trinajstić information content (AvgIpc) is 2.88. The smallest absolute Gasteiger partial charge is 0.248 e. The van der Waals surface area contributed by atoms with Crippen LogP contribution in [-0.2, 0) is 14.3 Å². The first-order valence-corrected chi connectivity index (χ1v) is 12.9. The Bertz CT molecular complexity index is 1120. The van der Waals surface area contributed by atoms with E-state index in [0.717, 1.165) is 40.8 Å². The molecular weight excluding hydrogens is 454 g/mol. The van der Waals surface area contributed by atoms with Crippen molar-refractivity contribution in [2.75, 3.05) is 26.3 Å². The zero-order chi connectivity index (χ0) is 25.8. The summed E-state index contributed by atoms with van der Waals surface area (Å²) in [4.78, 5) is 31.9. The highest BCUT2D eigenvalue weighted by Gasteiger charge is 2.41. The number of ether oxygens (including phenoxy) is 1. The van der Waals surface area contributed by atoms with E-state index < -0.39 is 12.0 Å². The van der Waals surface area contributed by atoms with E-state index in [1.165, 1.54) is 0 Å². The molecule has 7 nitrogen and oxygen atoms in total. The number of likely N-dealkylation sites (tertiary alicyclic amines) is 1. The van der Waals surface area contributed by atoms with Crippen LogP contribution in [0.3, 0.4) is 0 Å². The minimum atomic E-state index is -0.717. The van der Waals surface area contributed by atoms with Gasteiger partial charge in [0.25, 0.3) is 0 Å². The summed E-state index contributed by atoms with van der Waals surface area (Å²) in [6, 6.07) is 9.68. The molecule has 1 aliphatic heterocycles. The Morgan fingerprint density at radius 1 is 1.19 bits per heavy atom.